The summed E-state index contributed by atoms with van der Waals surface area (Å²) in [5, 5.41) is 8.96. The number of carbonyl (C=O) groups is 1. The van der Waals surface area contributed by atoms with Crippen molar-refractivity contribution in [2.24, 2.45) is 0 Å². The Morgan fingerprint density at radius 3 is 2.26 bits per heavy atom. The van der Waals surface area contributed by atoms with Gasteiger partial charge in [0.25, 0.3) is 0 Å². The van der Waals surface area contributed by atoms with Crippen LogP contribution in [0.3, 0.4) is 0 Å². The van der Waals surface area contributed by atoms with Crippen LogP contribution in [0.5, 0.6) is 0 Å². The average molecular weight is 415 g/mol. The molecule has 0 spiro atoms. The molecule has 0 fully saturated rings. The van der Waals surface area contributed by atoms with Crippen molar-refractivity contribution >= 4 is 17.1 Å². The summed E-state index contributed by atoms with van der Waals surface area (Å²) in [6.45, 7) is 11.4. The predicted octanol–water partition coefficient (Wildman–Crippen LogP) is 7.48. The Labute approximate surface area is 186 Å². The second-order valence-electron chi connectivity index (χ2n) is 10.7. The van der Waals surface area contributed by atoms with E-state index in [2.05, 4.69) is 64.1 Å². The molecule has 2 aromatic carbocycles. The van der Waals surface area contributed by atoms with Gasteiger partial charge in [-0.3, -0.25) is 0 Å². The second kappa shape index (κ2) is 7.82. The molecule has 2 nitrogen and oxygen atoms in total. The van der Waals surface area contributed by atoms with E-state index in [-0.39, 0.29) is 10.8 Å². The number of carboxylic acid groups (broad SMARTS) is 1. The van der Waals surface area contributed by atoms with Gasteiger partial charge in [-0.15, -0.1) is 0 Å². The minimum Gasteiger partial charge on any atom is -0.478 e. The molecule has 4 rings (SSSR count). The molecular weight excluding hydrogens is 380 g/mol. The number of aliphatic carboxylic acids is 1. The summed E-state index contributed by atoms with van der Waals surface area (Å²) in [5.41, 5.74) is 9.41. The van der Waals surface area contributed by atoms with E-state index in [1.807, 2.05) is 19.1 Å². The van der Waals surface area contributed by atoms with E-state index in [0.29, 0.717) is 5.92 Å². The molecule has 0 bridgehead atoms. The van der Waals surface area contributed by atoms with Gasteiger partial charge in [0.2, 0.25) is 0 Å². The van der Waals surface area contributed by atoms with Crippen LogP contribution in [0.4, 0.5) is 0 Å². The van der Waals surface area contributed by atoms with Gasteiger partial charge in [0, 0.05) is 12.0 Å². The number of allylic oxidation sites excluding steroid dienone is 3. The van der Waals surface area contributed by atoms with Gasteiger partial charge in [0.15, 0.2) is 0 Å². The first-order valence-electron chi connectivity index (χ1n) is 11.4. The summed E-state index contributed by atoms with van der Waals surface area (Å²) in [6, 6.07) is 15.6. The lowest BCUT2D eigenvalue weighted by atomic mass is 9.63. The zero-order chi connectivity index (χ0) is 22.4. The maximum atomic E-state index is 10.9. The van der Waals surface area contributed by atoms with Crippen molar-refractivity contribution in [3.05, 3.63) is 82.4 Å². The molecule has 2 aliphatic carbocycles. The Bertz CT molecular complexity index is 1060. The maximum absolute atomic E-state index is 10.9. The van der Waals surface area contributed by atoms with Crippen molar-refractivity contribution < 1.29 is 9.90 Å². The molecule has 162 valence electrons. The van der Waals surface area contributed by atoms with Crippen LogP contribution >= 0.6 is 0 Å². The van der Waals surface area contributed by atoms with Gasteiger partial charge < -0.3 is 5.11 Å². The third-order valence-electron chi connectivity index (χ3n) is 7.48. The van der Waals surface area contributed by atoms with E-state index < -0.39 is 5.97 Å². The summed E-state index contributed by atoms with van der Waals surface area (Å²) in [5.74, 6) is -0.477. The van der Waals surface area contributed by atoms with Crippen LogP contribution in [0.1, 0.15) is 94.0 Å². The standard InChI is InChI=1S/C29H34O2/c1-19(16-27(30)31)20-6-8-21(9-7-20)22-10-11-23(17-22)24-12-13-25-26(18-24)29(4,5)15-14-28(25,2)3/h6-9,12-13,16-18,22H,10-11,14-15H2,1-5H3,(H,30,31)/b19-16-. The van der Waals surface area contributed by atoms with Crippen LogP contribution in [-0.4, -0.2) is 11.1 Å². The molecule has 2 aromatic rings. The molecule has 2 heteroatoms. The molecule has 0 aliphatic heterocycles. The molecule has 1 unspecified atom stereocenters. The lowest BCUT2D eigenvalue weighted by Gasteiger charge is -2.42. The molecule has 1 N–H and O–H groups in total. The van der Waals surface area contributed by atoms with Crippen molar-refractivity contribution in [1.82, 2.24) is 0 Å². The largest absolute Gasteiger partial charge is 0.478 e. The van der Waals surface area contributed by atoms with E-state index in [4.69, 9.17) is 5.11 Å². The second-order valence-corrected chi connectivity index (χ2v) is 10.7. The maximum Gasteiger partial charge on any atom is 0.328 e. The first-order chi connectivity index (χ1) is 14.6. The third kappa shape index (κ3) is 4.26. The van der Waals surface area contributed by atoms with Crippen molar-refractivity contribution in [2.75, 3.05) is 0 Å². The molecule has 0 saturated heterocycles. The first kappa shape index (κ1) is 21.6. The summed E-state index contributed by atoms with van der Waals surface area (Å²) in [6.07, 6.45) is 8.42. The normalized spacial score (nSPS) is 22.0. The first-order valence-corrected chi connectivity index (χ1v) is 11.4. The Morgan fingerprint density at radius 1 is 0.968 bits per heavy atom. The molecule has 2 aliphatic rings. The fraction of sp³-hybridized carbons (Fsp3) is 0.414. The van der Waals surface area contributed by atoms with Gasteiger partial charge >= 0.3 is 5.97 Å². The van der Waals surface area contributed by atoms with Crippen LogP contribution in [0.2, 0.25) is 0 Å². The van der Waals surface area contributed by atoms with Crippen LogP contribution in [-0.2, 0) is 15.6 Å². The minimum atomic E-state index is -0.901. The number of hydrogen-bond donors (Lipinski definition) is 1. The summed E-state index contributed by atoms with van der Waals surface area (Å²) in [4.78, 5) is 10.9. The summed E-state index contributed by atoms with van der Waals surface area (Å²) < 4.78 is 0. The molecule has 0 heterocycles. The van der Waals surface area contributed by atoms with E-state index >= 15 is 0 Å². The fourth-order valence-corrected chi connectivity index (χ4v) is 5.27. The molecule has 0 amide bonds. The fourth-order valence-electron chi connectivity index (χ4n) is 5.27. The lowest BCUT2D eigenvalue weighted by molar-refractivity contribution is -0.131. The number of carboxylic acids is 1. The topological polar surface area (TPSA) is 37.3 Å². The Hall–Kier alpha value is -2.61. The van der Waals surface area contributed by atoms with Crippen LogP contribution in [0.25, 0.3) is 11.1 Å². The number of benzene rings is 2. The van der Waals surface area contributed by atoms with E-state index in [1.165, 1.54) is 46.7 Å². The van der Waals surface area contributed by atoms with Crippen molar-refractivity contribution in [2.45, 2.75) is 77.0 Å². The van der Waals surface area contributed by atoms with Gasteiger partial charge in [0.1, 0.15) is 0 Å². The minimum absolute atomic E-state index is 0.233. The van der Waals surface area contributed by atoms with Gasteiger partial charge in [-0.1, -0.05) is 76.2 Å². The zero-order valence-electron chi connectivity index (χ0n) is 19.5. The molecule has 0 aromatic heterocycles. The van der Waals surface area contributed by atoms with Gasteiger partial charge in [-0.05, 0) is 82.4 Å². The van der Waals surface area contributed by atoms with Crippen LogP contribution in [0, 0.1) is 0 Å². The zero-order valence-corrected chi connectivity index (χ0v) is 19.5. The van der Waals surface area contributed by atoms with E-state index in [1.54, 1.807) is 0 Å². The number of rotatable bonds is 4. The Kier molecular flexibility index (Phi) is 5.45. The molecule has 31 heavy (non-hydrogen) atoms. The molecule has 1 atom stereocenters. The summed E-state index contributed by atoms with van der Waals surface area (Å²) >= 11 is 0. The molecular formula is C29H34O2. The van der Waals surface area contributed by atoms with Gasteiger partial charge in [-0.25, -0.2) is 4.79 Å². The average Bonchev–Trinajstić information content (AvgIpc) is 3.21. The van der Waals surface area contributed by atoms with Crippen LogP contribution in [0.15, 0.2) is 54.6 Å². The monoisotopic (exact) mass is 414 g/mol. The predicted molar refractivity (Wildman–Crippen MR) is 129 cm³/mol. The Balaban J connectivity index is 1.60. The highest BCUT2D eigenvalue weighted by molar-refractivity contribution is 5.89. The Morgan fingerprint density at radius 2 is 1.61 bits per heavy atom. The summed E-state index contributed by atoms with van der Waals surface area (Å²) in [7, 11) is 0. The van der Waals surface area contributed by atoms with Crippen molar-refractivity contribution in [1.29, 1.82) is 0 Å². The van der Waals surface area contributed by atoms with Gasteiger partial charge in [0.05, 0.1) is 0 Å². The van der Waals surface area contributed by atoms with Crippen LogP contribution < -0.4 is 0 Å². The molecule has 0 saturated carbocycles. The highest BCUT2D eigenvalue weighted by Crippen LogP contribution is 2.47. The number of fused-ring (bicyclic) bond motifs is 1. The smallest absolute Gasteiger partial charge is 0.328 e. The SMILES string of the molecule is C/C(=C/C(=O)O)c1ccc(C2C=C(c3ccc4c(c3)C(C)(C)CCC4(C)C)CC2)cc1. The van der Waals surface area contributed by atoms with Crippen molar-refractivity contribution in [3.63, 3.8) is 0 Å². The van der Waals surface area contributed by atoms with Crippen molar-refractivity contribution in [3.8, 4) is 0 Å². The van der Waals surface area contributed by atoms with E-state index in [0.717, 1.165) is 24.0 Å². The molecule has 0 radical (unpaired) electrons. The third-order valence-corrected chi connectivity index (χ3v) is 7.48. The highest BCUT2D eigenvalue weighted by atomic mass is 16.4. The lowest BCUT2D eigenvalue weighted by Crippen LogP contribution is -2.33. The quantitative estimate of drug-likeness (QED) is 0.526. The highest BCUT2D eigenvalue weighted by Gasteiger charge is 2.37. The number of hydrogen-bond acceptors (Lipinski definition) is 1. The van der Waals surface area contributed by atoms with Gasteiger partial charge in [-0.2, -0.15) is 0 Å². The van der Waals surface area contributed by atoms with E-state index in [9.17, 15) is 4.79 Å².